The second kappa shape index (κ2) is 5.71. The Morgan fingerprint density at radius 3 is 3.18 bits per heavy atom. The molecule has 0 fully saturated rings. The van der Waals surface area contributed by atoms with Crippen molar-refractivity contribution in [1.82, 2.24) is 0 Å². The molecule has 3 heteroatoms. The van der Waals surface area contributed by atoms with Crippen molar-refractivity contribution in [1.29, 1.82) is 0 Å². The fraction of sp³-hybridized carbons (Fsp3) is 0.500. The van der Waals surface area contributed by atoms with Gasteiger partial charge in [-0.25, -0.2) is 0 Å². The third-order valence-electron chi connectivity index (χ3n) is 3.05. The van der Waals surface area contributed by atoms with Crippen molar-refractivity contribution in [3.63, 3.8) is 0 Å². The van der Waals surface area contributed by atoms with Gasteiger partial charge >= 0.3 is 5.97 Å². The molecule has 17 heavy (non-hydrogen) atoms. The van der Waals surface area contributed by atoms with Crippen LogP contribution in [-0.2, 0) is 22.4 Å². The number of hydrogen-bond donors (Lipinski definition) is 0. The highest BCUT2D eigenvalue weighted by atomic mass is 16.5. The normalized spacial score (nSPS) is 13.7. The summed E-state index contributed by atoms with van der Waals surface area (Å²) in [5.41, 5.74) is 2.57. The lowest BCUT2D eigenvalue weighted by Gasteiger charge is -2.17. The minimum atomic E-state index is -0.133. The second-order valence-electron chi connectivity index (χ2n) is 4.32. The van der Waals surface area contributed by atoms with Crippen molar-refractivity contribution in [3.05, 3.63) is 29.3 Å². The van der Waals surface area contributed by atoms with E-state index in [9.17, 15) is 4.79 Å². The summed E-state index contributed by atoms with van der Waals surface area (Å²) in [6.07, 6.45) is 4.44. The number of rotatable bonds is 4. The van der Waals surface area contributed by atoms with E-state index in [1.54, 1.807) is 0 Å². The van der Waals surface area contributed by atoms with Crippen molar-refractivity contribution in [2.45, 2.75) is 32.1 Å². The summed E-state index contributed by atoms with van der Waals surface area (Å²) in [5.74, 6) is 0.888. The highest BCUT2D eigenvalue weighted by Crippen LogP contribution is 2.26. The maximum atomic E-state index is 11.0. The van der Waals surface area contributed by atoms with Crippen LogP contribution in [0.5, 0.6) is 5.75 Å². The Bertz CT molecular complexity index is 398. The molecule has 1 aliphatic rings. The van der Waals surface area contributed by atoms with Gasteiger partial charge in [0.25, 0.3) is 0 Å². The maximum absolute atomic E-state index is 11.0. The monoisotopic (exact) mass is 234 g/mol. The smallest absolute Gasteiger partial charge is 0.305 e. The molecule has 0 bridgehead atoms. The molecule has 1 aromatic rings. The van der Waals surface area contributed by atoms with Gasteiger partial charge in [-0.05, 0) is 42.9 Å². The number of aryl methyl sites for hydroxylation is 2. The van der Waals surface area contributed by atoms with Crippen molar-refractivity contribution in [2.75, 3.05) is 13.7 Å². The molecular weight excluding hydrogens is 216 g/mol. The Morgan fingerprint density at radius 1 is 1.47 bits per heavy atom. The molecule has 92 valence electrons. The van der Waals surface area contributed by atoms with E-state index in [0.717, 1.165) is 38.0 Å². The largest absolute Gasteiger partial charge is 0.493 e. The molecule has 1 heterocycles. The highest BCUT2D eigenvalue weighted by molar-refractivity contribution is 5.69. The summed E-state index contributed by atoms with van der Waals surface area (Å²) in [6, 6.07) is 6.33. The number of hydrogen-bond acceptors (Lipinski definition) is 3. The zero-order chi connectivity index (χ0) is 12.1. The standard InChI is InChI=1S/C14H18O3/c1-16-14(15)6-2-4-11-7-8-13-12(10-11)5-3-9-17-13/h7-8,10H,2-6,9H2,1H3. The third kappa shape index (κ3) is 3.22. The predicted octanol–water partition coefficient (Wildman–Crippen LogP) is 2.51. The minimum Gasteiger partial charge on any atom is -0.493 e. The molecule has 0 saturated carbocycles. The van der Waals surface area contributed by atoms with Crippen molar-refractivity contribution >= 4 is 5.97 Å². The van der Waals surface area contributed by atoms with Crippen LogP contribution in [0.25, 0.3) is 0 Å². The van der Waals surface area contributed by atoms with Gasteiger partial charge in [0.05, 0.1) is 13.7 Å². The molecular formula is C14H18O3. The number of esters is 1. The molecule has 2 rings (SSSR count). The zero-order valence-electron chi connectivity index (χ0n) is 10.2. The third-order valence-corrected chi connectivity index (χ3v) is 3.05. The SMILES string of the molecule is COC(=O)CCCc1ccc2c(c1)CCCO2. The first-order chi connectivity index (χ1) is 8.29. The van der Waals surface area contributed by atoms with E-state index < -0.39 is 0 Å². The Balaban J connectivity index is 1.91. The van der Waals surface area contributed by atoms with Crippen LogP contribution in [0, 0.1) is 0 Å². The number of carbonyl (C=O) groups excluding carboxylic acids is 1. The summed E-state index contributed by atoms with van der Waals surface area (Å²) in [5, 5.41) is 0. The van der Waals surface area contributed by atoms with Crippen molar-refractivity contribution in [2.24, 2.45) is 0 Å². The van der Waals surface area contributed by atoms with Gasteiger partial charge in [0.2, 0.25) is 0 Å². The average Bonchev–Trinajstić information content (AvgIpc) is 2.38. The molecule has 0 N–H and O–H groups in total. The van der Waals surface area contributed by atoms with Gasteiger partial charge in [0.1, 0.15) is 5.75 Å². The Labute approximate surface area is 102 Å². The van der Waals surface area contributed by atoms with Crippen molar-refractivity contribution in [3.8, 4) is 5.75 Å². The molecule has 0 amide bonds. The van der Waals surface area contributed by atoms with Crippen LogP contribution in [0.15, 0.2) is 18.2 Å². The van der Waals surface area contributed by atoms with Crippen LogP contribution in [0.1, 0.15) is 30.4 Å². The predicted molar refractivity (Wildman–Crippen MR) is 65.2 cm³/mol. The van der Waals surface area contributed by atoms with Crippen LogP contribution in [0.2, 0.25) is 0 Å². The fourth-order valence-electron chi connectivity index (χ4n) is 2.11. The Kier molecular flexibility index (Phi) is 4.02. The number of carbonyl (C=O) groups is 1. The van der Waals surface area contributed by atoms with E-state index in [1.807, 2.05) is 6.07 Å². The molecule has 0 aliphatic carbocycles. The highest BCUT2D eigenvalue weighted by Gasteiger charge is 2.10. The second-order valence-corrected chi connectivity index (χ2v) is 4.32. The molecule has 1 aromatic carbocycles. The summed E-state index contributed by atoms with van der Waals surface area (Å²) in [4.78, 5) is 11.0. The van der Waals surface area contributed by atoms with E-state index in [0.29, 0.717) is 6.42 Å². The molecule has 0 unspecified atom stereocenters. The van der Waals surface area contributed by atoms with Gasteiger partial charge in [0.15, 0.2) is 0 Å². The van der Waals surface area contributed by atoms with Gasteiger partial charge < -0.3 is 9.47 Å². The lowest BCUT2D eigenvalue weighted by atomic mass is 10.0. The molecule has 0 radical (unpaired) electrons. The Morgan fingerprint density at radius 2 is 2.35 bits per heavy atom. The van der Waals surface area contributed by atoms with E-state index in [-0.39, 0.29) is 5.97 Å². The summed E-state index contributed by atoms with van der Waals surface area (Å²) < 4.78 is 10.2. The fourth-order valence-corrected chi connectivity index (χ4v) is 2.11. The molecule has 0 saturated heterocycles. The lowest BCUT2D eigenvalue weighted by molar-refractivity contribution is -0.140. The van der Waals surface area contributed by atoms with Gasteiger partial charge in [0, 0.05) is 6.42 Å². The number of ether oxygens (including phenoxy) is 2. The van der Waals surface area contributed by atoms with E-state index in [1.165, 1.54) is 18.2 Å². The molecule has 3 nitrogen and oxygen atoms in total. The van der Waals surface area contributed by atoms with Gasteiger partial charge in [-0.1, -0.05) is 12.1 Å². The van der Waals surface area contributed by atoms with Crippen LogP contribution >= 0.6 is 0 Å². The average molecular weight is 234 g/mol. The molecule has 0 spiro atoms. The minimum absolute atomic E-state index is 0.133. The summed E-state index contributed by atoms with van der Waals surface area (Å²) in [6.45, 7) is 0.828. The van der Waals surface area contributed by atoms with Crippen LogP contribution < -0.4 is 4.74 Å². The van der Waals surface area contributed by atoms with Crippen LogP contribution in [0.4, 0.5) is 0 Å². The number of methoxy groups -OCH3 is 1. The first-order valence-electron chi connectivity index (χ1n) is 6.11. The quantitative estimate of drug-likeness (QED) is 0.751. The number of fused-ring (bicyclic) bond motifs is 1. The molecule has 0 aromatic heterocycles. The zero-order valence-corrected chi connectivity index (χ0v) is 10.2. The summed E-state index contributed by atoms with van der Waals surface area (Å²) >= 11 is 0. The number of benzene rings is 1. The van der Waals surface area contributed by atoms with Crippen LogP contribution in [-0.4, -0.2) is 19.7 Å². The van der Waals surface area contributed by atoms with Crippen LogP contribution in [0.3, 0.4) is 0 Å². The first kappa shape index (κ1) is 12.0. The molecule has 0 atom stereocenters. The first-order valence-corrected chi connectivity index (χ1v) is 6.11. The maximum Gasteiger partial charge on any atom is 0.305 e. The Hall–Kier alpha value is -1.51. The summed E-state index contributed by atoms with van der Waals surface area (Å²) in [7, 11) is 1.43. The lowest BCUT2D eigenvalue weighted by Crippen LogP contribution is -2.08. The van der Waals surface area contributed by atoms with Crippen molar-refractivity contribution < 1.29 is 14.3 Å². The van der Waals surface area contributed by atoms with E-state index in [2.05, 4.69) is 16.9 Å². The van der Waals surface area contributed by atoms with Gasteiger partial charge in [-0.15, -0.1) is 0 Å². The molecule has 1 aliphatic heterocycles. The topological polar surface area (TPSA) is 35.5 Å². The van der Waals surface area contributed by atoms with Gasteiger partial charge in [-0.3, -0.25) is 4.79 Å². The van der Waals surface area contributed by atoms with Gasteiger partial charge in [-0.2, -0.15) is 0 Å². The van der Waals surface area contributed by atoms with E-state index in [4.69, 9.17) is 4.74 Å². The van der Waals surface area contributed by atoms with E-state index >= 15 is 0 Å².